The van der Waals surface area contributed by atoms with Gasteiger partial charge in [0.2, 0.25) is 0 Å². The van der Waals surface area contributed by atoms with Crippen LogP contribution in [-0.2, 0) is 9.59 Å². The quantitative estimate of drug-likeness (QED) is 0.556. The highest BCUT2D eigenvalue weighted by atomic mass is 16.3. The summed E-state index contributed by atoms with van der Waals surface area (Å²) in [5.41, 5.74) is 1.34. The van der Waals surface area contributed by atoms with Crippen LogP contribution < -0.4 is 0 Å². The Morgan fingerprint density at radius 3 is 1.36 bits per heavy atom. The zero-order valence-corrected chi connectivity index (χ0v) is 17.8. The van der Waals surface area contributed by atoms with Crippen molar-refractivity contribution in [3.63, 3.8) is 0 Å². The summed E-state index contributed by atoms with van der Waals surface area (Å²) in [6.45, 7) is 8.01. The number of aliphatic imine (C=N–C) groups is 2. The van der Waals surface area contributed by atoms with Gasteiger partial charge in [-0.2, -0.15) is 0 Å². The minimum atomic E-state index is -0.187. The van der Waals surface area contributed by atoms with Gasteiger partial charge < -0.3 is 10.2 Å². The summed E-state index contributed by atoms with van der Waals surface area (Å²) in [6, 6.07) is 0. The molecule has 2 rings (SSSR count). The number of aliphatic hydroxyl groups is 2. The van der Waals surface area contributed by atoms with E-state index in [1.54, 1.807) is 14.1 Å². The largest absolute Gasteiger partial charge is 0.511 e. The highest BCUT2D eigenvalue weighted by Gasteiger charge is 2.37. The lowest BCUT2D eigenvalue weighted by atomic mass is 9.72. The topological polar surface area (TPSA) is 99.3 Å². The normalized spacial score (nSPS) is 28.6. The van der Waals surface area contributed by atoms with E-state index in [-0.39, 0.29) is 57.9 Å². The van der Waals surface area contributed by atoms with Gasteiger partial charge in [0.25, 0.3) is 0 Å². The van der Waals surface area contributed by atoms with Gasteiger partial charge in [0.15, 0.2) is 11.6 Å². The zero-order valence-electron chi connectivity index (χ0n) is 17.8. The van der Waals surface area contributed by atoms with Crippen molar-refractivity contribution < 1.29 is 19.8 Å². The Balaban J connectivity index is 2.27. The zero-order chi connectivity index (χ0) is 21.3. The number of nitrogens with zero attached hydrogens (tertiary/aromatic N) is 2. The molecule has 0 saturated heterocycles. The van der Waals surface area contributed by atoms with Crippen LogP contribution in [0.1, 0.15) is 66.2 Å². The van der Waals surface area contributed by atoms with E-state index in [9.17, 15) is 19.8 Å². The molecule has 2 N–H and O–H groups in total. The molecule has 0 atom stereocenters. The molecule has 2 saturated carbocycles. The molecule has 154 valence electrons. The first-order valence-corrected chi connectivity index (χ1v) is 9.73. The van der Waals surface area contributed by atoms with Crippen LogP contribution in [0.4, 0.5) is 0 Å². The van der Waals surface area contributed by atoms with Crippen molar-refractivity contribution >= 4 is 23.0 Å². The predicted octanol–water partition coefficient (Wildman–Crippen LogP) is 4.31. The molecule has 0 spiro atoms. The van der Waals surface area contributed by atoms with Gasteiger partial charge >= 0.3 is 0 Å². The summed E-state index contributed by atoms with van der Waals surface area (Å²) in [5, 5.41) is 21.1. The number of aliphatic hydroxyl groups excluding tert-OH is 2. The van der Waals surface area contributed by atoms with E-state index in [2.05, 4.69) is 9.98 Å². The monoisotopic (exact) mass is 388 g/mol. The van der Waals surface area contributed by atoms with Crippen LogP contribution in [0.25, 0.3) is 0 Å². The Morgan fingerprint density at radius 2 is 1.07 bits per heavy atom. The number of carbonyl (C=O) groups is 2. The molecule has 2 fully saturated rings. The number of rotatable bonds is 3. The van der Waals surface area contributed by atoms with E-state index in [4.69, 9.17) is 0 Å². The maximum Gasteiger partial charge on any atom is 0.168 e. The molecule has 28 heavy (non-hydrogen) atoms. The third-order valence-corrected chi connectivity index (χ3v) is 5.42. The lowest BCUT2D eigenvalue weighted by molar-refractivity contribution is -0.118. The van der Waals surface area contributed by atoms with Crippen molar-refractivity contribution in [2.45, 2.75) is 66.2 Å². The average molecular weight is 389 g/mol. The Labute approximate surface area is 167 Å². The van der Waals surface area contributed by atoms with Gasteiger partial charge in [0, 0.05) is 51.2 Å². The van der Waals surface area contributed by atoms with Crippen molar-refractivity contribution in [1.29, 1.82) is 0 Å². The van der Waals surface area contributed by atoms with Crippen LogP contribution >= 0.6 is 0 Å². The number of carbonyl (C=O) groups excluding carboxylic acids is 2. The third-order valence-electron chi connectivity index (χ3n) is 5.42. The van der Waals surface area contributed by atoms with E-state index in [0.29, 0.717) is 37.1 Å². The standard InChI is InChI=1S/C22H32N2O4/c1-21(2)9-13(23-5)19(17(27)11-21)15(25)7-8-16(26)20-14(24-6)10-22(3,4)12-18(20)28/h25-26H,7-12H2,1-6H3/b19-15-,20-16+,23-13?,24-14?. The Bertz CT molecular complexity index is 742. The van der Waals surface area contributed by atoms with E-state index in [0.717, 1.165) is 0 Å². The molecule has 0 bridgehead atoms. The van der Waals surface area contributed by atoms with Gasteiger partial charge in [-0.15, -0.1) is 0 Å². The molecule has 2 aliphatic rings. The Hall–Kier alpha value is -2.24. The van der Waals surface area contributed by atoms with Crippen molar-refractivity contribution in [2.24, 2.45) is 20.8 Å². The van der Waals surface area contributed by atoms with Crippen molar-refractivity contribution in [1.82, 2.24) is 0 Å². The minimum Gasteiger partial charge on any atom is -0.511 e. The van der Waals surface area contributed by atoms with E-state index < -0.39 is 0 Å². The molecule has 0 aliphatic heterocycles. The molecule has 0 radical (unpaired) electrons. The summed E-state index contributed by atoms with van der Waals surface area (Å²) in [6.07, 6.45) is 2.06. The predicted molar refractivity (Wildman–Crippen MR) is 111 cm³/mol. The molecule has 0 heterocycles. The number of ketones is 2. The molecule has 0 unspecified atom stereocenters. The maximum absolute atomic E-state index is 12.5. The van der Waals surface area contributed by atoms with Crippen LogP contribution in [0.15, 0.2) is 32.6 Å². The SMILES string of the molecule is CN=C1CC(C)(C)CC(=O)/C1=C(\O)CC/C(O)=C1\C(=O)CC(C)(C)CC1=NC. The smallest absolute Gasteiger partial charge is 0.168 e. The lowest BCUT2D eigenvalue weighted by Gasteiger charge is -2.31. The van der Waals surface area contributed by atoms with Crippen LogP contribution in [0.3, 0.4) is 0 Å². The third kappa shape index (κ3) is 4.78. The number of Topliss-reactive ketones (excluding diaryl/α,β-unsaturated/α-hetero) is 2. The van der Waals surface area contributed by atoms with Gasteiger partial charge in [0.1, 0.15) is 11.5 Å². The van der Waals surface area contributed by atoms with Gasteiger partial charge in [-0.25, -0.2) is 0 Å². The number of allylic oxidation sites excluding steroid dienone is 4. The molecule has 0 amide bonds. The van der Waals surface area contributed by atoms with Crippen LogP contribution in [0, 0.1) is 10.8 Å². The molecular weight excluding hydrogens is 356 g/mol. The number of hydrogen-bond acceptors (Lipinski definition) is 6. The maximum atomic E-state index is 12.5. The fourth-order valence-electron chi connectivity index (χ4n) is 4.10. The molecule has 0 aromatic carbocycles. The molecule has 2 aliphatic carbocycles. The van der Waals surface area contributed by atoms with Crippen LogP contribution in [-0.4, -0.2) is 47.3 Å². The molecule has 0 aromatic rings. The fraction of sp³-hybridized carbons (Fsp3) is 0.636. The summed E-state index contributed by atoms with van der Waals surface area (Å²) in [7, 11) is 3.23. The average Bonchev–Trinajstić information content (AvgIpc) is 2.56. The molecule has 6 nitrogen and oxygen atoms in total. The lowest BCUT2D eigenvalue weighted by Crippen LogP contribution is -2.33. The Kier molecular flexibility index (Phi) is 6.31. The van der Waals surface area contributed by atoms with Crippen molar-refractivity contribution in [3.05, 3.63) is 22.7 Å². The van der Waals surface area contributed by atoms with Crippen molar-refractivity contribution in [2.75, 3.05) is 14.1 Å². The van der Waals surface area contributed by atoms with Gasteiger partial charge in [-0.3, -0.25) is 19.6 Å². The first-order chi connectivity index (χ1) is 12.9. The molecule has 0 aromatic heterocycles. The van der Waals surface area contributed by atoms with Crippen LogP contribution in [0.2, 0.25) is 0 Å². The minimum absolute atomic E-state index is 0.0729. The van der Waals surface area contributed by atoms with Gasteiger partial charge in [-0.05, 0) is 23.7 Å². The summed E-state index contributed by atoms with van der Waals surface area (Å²) < 4.78 is 0. The second-order valence-corrected chi connectivity index (χ2v) is 9.37. The Morgan fingerprint density at radius 1 is 0.750 bits per heavy atom. The van der Waals surface area contributed by atoms with E-state index in [1.165, 1.54) is 0 Å². The van der Waals surface area contributed by atoms with E-state index in [1.807, 2.05) is 27.7 Å². The van der Waals surface area contributed by atoms with Gasteiger partial charge in [0.05, 0.1) is 11.1 Å². The second kappa shape index (κ2) is 8.02. The summed E-state index contributed by atoms with van der Waals surface area (Å²) in [5.74, 6) is -0.417. The van der Waals surface area contributed by atoms with Crippen LogP contribution in [0.5, 0.6) is 0 Å². The molecular formula is C22H32N2O4. The highest BCUT2D eigenvalue weighted by molar-refractivity contribution is 6.25. The highest BCUT2D eigenvalue weighted by Crippen LogP contribution is 2.37. The van der Waals surface area contributed by atoms with Gasteiger partial charge in [-0.1, -0.05) is 27.7 Å². The molecule has 6 heteroatoms. The fourth-order valence-corrected chi connectivity index (χ4v) is 4.10. The number of hydrogen-bond donors (Lipinski definition) is 2. The summed E-state index contributed by atoms with van der Waals surface area (Å²) >= 11 is 0. The summed E-state index contributed by atoms with van der Waals surface area (Å²) in [4.78, 5) is 33.5. The van der Waals surface area contributed by atoms with Crippen molar-refractivity contribution in [3.8, 4) is 0 Å². The van der Waals surface area contributed by atoms with E-state index >= 15 is 0 Å². The first-order valence-electron chi connectivity index (χ1n) is 9.73. The second-order valence-electron chi connectivity index (χ2n) is 9.37. The first kappa shape index (κ1) is 22.1.